The highest BCUT2D eigenvalue weighted by molar-refractivity contribution is 6.07. The normalized spacial score (nSPS) is 25.8. The second kappa shape index (κ2) is 5.00. The van der Waals surface area contributed by atoms with E-state index in [1.807, 2.05) is 12.2 Å². The van der Waals surface area contributed by atoms with E-state index in [4.69, 9.17) is 5.26 Å². The highest BCUT2D eigenvalue weighted by Gasteiger charge is 2.47. The lowest BCUT2D eigenvalue weighted by Gasteiger charge is -2.14. The number of nitriles is 1. The van der Waals surface area contributed by atoms with Crippen molar-refractivity contribution in [2.45, 2.75) is 12.8 Å². The summed E-state index contributed by atoms with van der Waals surface area (Å²) in [6.07, 6.45) is 4.84. The van der Waals surface area contributed by atoms with Crippen molar-refractivity contribution in [3.63, 3.8) is 0 Å². The number of nitrogens with zero attached hydrogens (tertiary/aromatic N) is 2. The second-order valence-corrected chi connectivity index (χ2v) is 4.24. The minimum Gasteiger partial charge on any atom is -0.449 e. The highest BCUT2D eigenvalue weighted by atomic mass is 16.5. The third-order valence-corrected chi connectivity index (χ3v) is 3.18. The molecule has 1 fully saturated rings. The highest BCUT2D eigenvalue weighted by Crippen LogP contribution is 2.34. The third kappa shape index (κ3) is 2.12. The van der Waals surface area contributed by atoms with Gasteiger partial charge in [0.15, 0.2) is 6.61 Å². The van der Waals surface area contributed by atoms with Crippen molar-refractivity contribution < 1.29 is 19.1 Å². The van der Waals surface area contributed by atoms with Gasteiger partial charge in [0.2, 0.25) is 11.8 Å². The monoisotopic (exact) mass is 248 g/mol. The number of rotatable bonds is 3. The maximum absolute atomic E-state index is 12.0. The van der Waals surface area contributed by atoms with Crippen LogP contribution in [0.2, 0.25) is 0 Å². The molecule has 1 aliphatic carbocycles. The fourth-order valence-electron chi connectivity index (χ4n) is 2.31. The Morgan fingerprint density at radius 1 is 1.33 bits per heavy atom. The first-order valence-corrected chi connectivity index (χ1v) is 5.68. The molecule has 1 saturated heterocycles. The summed E-state index contributed by atoms with van der Waals surface area (Å²) in [6, 6.07) is 1.65. The molecule has 0 aromatic heterocycles. The van der Waals surface area contributed by atoms with Crippen LogP contribution in [0, 0.1) is 23.2 Å². The van der Waals surface area contributed by atoms with Crippen molar-refractivity contribution in [2.75, 3.05) is 13.2 Å². The molecule has 0 radical (unpaired) electrons. The Morgan fingerprint density at radius 3 is 2.39 bits per heavy atom. The van der Waals surface area contributed by atoms with Gasteiger partial charge in [-0.05, 0) is 12.8 Å². The number of hydrogen-bond donors (Lipinski definition) is 0. The molecular formula is C12H12N2O4. The van der Waals surface area contributed by atoms with Gasteiger partial charge in [0.05, 0.1) is 11.8 Å². The zero-order chi connectivity index (χ0) is 13.1. The lowest BCUT2D eigenvalue weighted by atomic mass is 9.85. The van der Waals surface area contributed by atoms with Gasteiger partial charge in [-0.1, -0.05) is 12.2 Å². The lowest BCUT2D eigenvalue weighted by Crippen LogP contribution is -2.36. The molecule has 6 heteroatoms. The van der Waals surface area contributed by atoms with E-state index in [1.54, 1.807) is 6.07 Å². The number of allylic oxidation sites excluding steroid dienone is 2. The molecule has 2 aliphatic rings. The number of esters is 1. The van der Waals surface area contributed by atoms with Crippen LogP contribution in [0.5, 0.6) is 0 Å². The maximum atomic E-state index is 12.0. The van der Waals surface area contributed by atoms with Crippen molar-refractivity contribution in [3.8, 4) is 6.07 Å². The van der Waals surface area contributed by atoms with Gasteiger partial charge in [0, 0.05) is 0 Å². The van der Waals surface area contributed by atoms with Crippen molar-refractivity contribution in [3.05, 3.63) is 12.2 Å². The summed E-state index contributed by atoms with van der Waals surface area (Å²) >= 11 is 0. The van der Waals surface area contributed by atoms with Crippen LogP contribution in [0.25, 0.3) is 0 Å². The van der Waals surface area contributed by atoms with Gasteiger partial charge >= 0.3 is 5.97 Å². The van der Waals surface area contributed by atoms with Crippen LogP contribution in [-0.2, 0) is 19.1 Å². The van der Waals surface area contributed by atoms with Crippen LogP contribution in [-0.4, -0.2) is 35.8 Å². The number of ether oxygens (including phenoxy) is 1. The van der Waals surface area contributed by atoms with E-state index in [9.17, 15) is 14.4 Å². The molecule has 1 heterocycles. The molecule has 6 nitrogen and oxygen atoms in total. The first-order valence-electron chi connectivity index (χ1n) is 5.68. The second-order valence-electron chi connectivity index (χ2n) is 4.24. The minimum atomic E-state index is -0.732. The average Bonchev–Trinajstić information content (AvgIpc) is 2.62. The van der Waals surface area contributed by atoms with Crippen molar-refractivity contribution in [2.24, 2.45) is 11.8 Å². The van der Waals surface area contributed by atoms with Gasteiger partial charge in [0.1, 0.15) is 12.6 Å². The number of hydrogen-bond acceptors (Lipinski definition) is 5. The number of carbonyl (C=O) groups excluding carboxylic acids is 3. The molecule has 0 aromatic rings. The number of carbonyl (C=O) groups is 3. The van der Waals surface area contributed by atoms with Gasteiger partial charge in [-0.2, -0.15) is 5.26 Å². The fraction of sp³-hybridized carbons (Fsp3) is 0.500. The molecule has 0 N–H and O–H groups in total. The molecule has 2 atom stereocenters. The number of amides is 2. The molecule has 0 spiro atoms. The standard InChI is InChI=1S/C12H12N2O4/c13-5-6-18-10(15)7-14-11(16)8-3-1-2-4-9(8)12(14)17/h1-2,8-9H,3-4,6-7H2/t8-,9-/m0/s1. The van der Waals surface area contributed by atoms with Crippen LogP contribution in [0.4, 0.5) is 0 Å². The zero-order valence-electron chi connectivity index (χ0n) is 9.67. The van der Waals surface area contributed by atoms with Gasteiger partial charge in [-0.25, -0.2) is 0 Å². The summed E-state index contributed by atoms with van der Waals surface area (Å²) in [4.78, 5) is 36.2. The summed E-state index contributed by atoms with van der Waals surface area (Å²) < 4.78 is 4.54. The topological polar surface area (TPSA) is 87.5 Å². The molecule has 0 saturated carbocycles. The predicted molar refractivity (Wildman–Crippen MR) is 58.6 cm³/mol. The first kappa shape index (κ1) is 12.3. The summed E-state index contributed by atoms with van der Waals surface area (Å²) in [5.74, 6) is -2.05. The van der Waals surface area contributed by atoms with Gasteiger partial charge in [-0.3, -0.25) is 19.3 Å². The minimum absolute atomic E-state index is 0.316. The van der Waals surface area contributed by atoms with E-state index < -0.39 is 12.5 Å². The lowest BCUT2D eigenvalue weighted by molar-refractivity contribution is -0.152. The van der Waals surface area contributed by atoms with E-state index >= 15 is 0 Å². The summed E-state index contributed by atoms with van der Waals surface area (Å²) in [5.41, 5.74) is 0. The van der Waals surface area contributed by atoms with Crippen LogP contribution in [0.1, 0.15) is 12.8 Å². The largest absolute Gasteiger partial charge is 0.449 e. The Balaban J connectivity index is 2.02. The SMILES string of the molecule is N#CCOC(=O)CN1C(=O)[C@H]2CC=CC[C@@H]2C1=O. The van der Waals surface area contributed by atoms with E-state index in [-0.39, 0.29) is 30.3 Å². The molecule has 1 aliphatic heterocycles. The Kier molecular flexibility index (Phi) is 3.42. The molecule has 2 amide bonds. The van der Waals surface area contributed by atoms with Crippen LogP contribution < -0.4 is 0 Å². The fourth-order valence-corrected chi connectivity index (χ4v) is 2.31. The number of likely N-dealkylation sites (tertiary alicyclic amines) is 1. The summed E-state index contributed by atoms with van der Waals surface area (Å²) in [5, 5.41) is 8.27. The Morgan fingerprint density at radius 2 is 1.89 bits per heavy atom. The maximum Gasteiger partial charge on any atom is 0.327 e. The van der Waals surface area contributed by atoms with Crippen LogP contribution in [0.15, 0.2) is 12.2 Å². The van der Waals surface area contributed by atoms with E-state index in [0.29, 0.717) is 12.8 Å². The zero-order valence-corrected chi connectivity index (χ0v) is 9.67. The first-order chi connectivity index (χ1) is 8.65. The molecule has 0 aromatic carbocycles. The van der Waals surface area contributed by atoms with Crippen molar-refractivity contribution in [1.82, 2.24) is 4.90 Å². The average molecular weight is 248 g/mol. The molecule has 0 unspecified atom stereocenters. The molecule has 0 bridgehead atoms. The van der Waals surface area contributed by atoms with E-state index in [0.717, 1.165) is 4.90 Å². The third-order valence-electron chi connectivity index (χ3n) is 3.18. The molecular weight excluding hydrogens is 236 g/mol. The summed E-state index contributed by atoms with van der Waals surface area (Å²) in [7, 11) is 0. The van der Waals surface area contributed by atoms with Gasteiger partial charge in [-0.15, -0.1) is 0 Å². The van der Waals surface area contributed by atoms with Crippen LogP contribution in [0.3, 0.4) is 0 Å². The Labute approximate surface area is 104 Å². The van der Waals surface area contributed by atoms with Gasteiger partial charge in [0.25, 0.3) is 0 Å². The van der Waals surface area contributed by atoms with Crippen LogP contribution >= 0.6 is 0 Å². The van der Waals surface area contributed by atoms with Gasteiger partial charge < -0.3 is 4.74 Å². The molecule has 2 rings (SSSR count). The Bertz CT molecular complexity index is 437. The summed E-state index contributed by atoms with van der Waals surface area (Å²) in [6.45, 7) is -0.768. The molecule has 18 heavy (non-hydrogen) atoms. The Hall–Kier alpha value is -2.16. The van der Waals surface area contributed by atoms with E-state index in [1.165, 1.54) is 0 Å². The van der Waals surface area contributed by atoms with Crippen molar-refractivity contribution in [1.29, 1.82) is 5.26 Å². The smallest absolute Gasteiger partial charge is 0.327 e. The van der Waals surface area contributed by atoms with E-state index in [2.05, 4.69) is 4.74 Å². The van der Waals surface area contributed by atoms with Crippen molar-refractivity contribution >= 4 is 17.8 Å². The predicted octanol–water partition coefficient (Wildman–Crippen LogP) is 0.00438. The molecule has 94 valence electrons. The quantitative estimate of drug-likeness (QED) is 0.398. The number of fused-ring (bicyclic) bond motifs is 1. The number of imide groups is 1.